The van der Waals surface area contributed by atoms with Gasteiger partial charge in [0.25, 0.3) is 0 Å². The Morgan fingerprint density at radius 3 is 1.39 bits per heavy atom. The number of furan rings is 1. The van der Waals surface area contributed by atoms with Crippen molar-refractivity contribution in [1.29, 1.82) is 0 Å². The summed E-state index contributed by atoms with van der Waals surface area (Å²) in [6.45, 7) is 4.31. The molecule has 1 spiro atoms. The van der Waals surface area contributed by atoms with Crippen LogP contribution < -0.4 is 9.80 Å². The van der Waals surface area contributed by atoms with E-state index in [-0.39, 0.29) is 0 Å². The topological polar surface area (TPSA) is 19.6 Å². The summed E-state index contributed by atoms with van der Waals surface area (Å²) in [7, 11) is 0. The summed E-state index contributed by atoms with van der Waals surface area (Å²) in [5, 5.41) is 4.55. The van der Waals surface area contributed by atoms with Gasteiger partial charge in [-0.1, -0.05) is 163 Å². The molecule has 0 atom stereocenters. The zero-order chi connectivity index (χ0) is 42.5. The van der Waals surface area contributed by atoms with Crippen LogP contribution in [0, 0.1) is 13.8 Å². The van der Waals surface area contributed by atoms with E-state index in [4.69, 9.17) is 4.42 Å². The predicted octanol–water partition coefficient (Wildman–Crippen LogP) is 16.6. The second-order valence-corrected chi connectivity index (χ2v) is 17.3. The summed E-state index contributed by atoms with van der Waals surface area (Å²) in [6, 6.07) is 80.3. The minimum atomic E-state index is -0.691. The maximum Gasteiger partial charge on any atom is 0.145 e. The van der Waals surface area contributed by atoms with Crippen LogP contribution in [0.2, 0.25) is 0 Å². The van der Waals surface area contributed by atoms with E-state index in [1.165, 1.54) is 60.8 Å². The molecule has 0 amide bonds. The van der Waals surface area contributed by atoms with E-state index >= 15 is 0 Å². The van der Waals surface area contributed by atoms with Crippen molar-refractivity contribution in [2.75, 3.05) is 9.80 Å². The van der Waals surface area contributed by atoms with E-state index in [9.17, 15) is 0 Å². The quantitative estimate of drug-likeness (QED) is 0.167. The number of rotatable bonds is 6. The van der Waals surface area contributed by atoms with Crippen molar-refractivity contribution in [3.8, 4) is 22.3 Å². The minimum absolute atomic E-state index is 0.691. The summed E-state index contributed by atoms with van der Waals surface area (Å²) in [6.07, 6.45) is 0. The Bertz CT molecular complexity index is 3580. The third-order valence-electron chi connectivity index (χ3n) is 13.8. The summed E-state index contributed by atoms with van der Waals surface area (Å²) in [5.74, 6) is 0. The highest BCUT2D eigenvalue weighted by Gasteiger charge is 2.54. The van der Waals surface area contributed by atoms with E-state index in [1.54, 1.807) is 0 Å². The first-order valence-electron chi connectivity index (χ1n) is 22.2. The first-order valence-corrected chi connectivity index (χ1v) is 22.2. The van der Waals surface area contributed by atoms with Crippen LogP contribution in [0.5, 0.6) is 0 Å². The highest BCUT2D eigenvalue weighted by molar-refractivity contribution is 6.23. The average Bonchev–Trinajstić information content (AvgIpc) is 3.98. The number of fused-ring (bicyclic) bond motifs is 16. The molecule has 0 radical (unpaired) electrons. The Labute approximate surface area is 372 Å². The first kappa shape index (κ1) is 36.5. The van der Waals surface area contributed by atoms with E-state index in [0.29, 0.717) is 0 Å². The van der Waals surface area contributed by atoms with Gasteiger partial charge >= 0.3 is 0 Å². The summed E-state index contributed by atoms with van der Waals surface area (Å²) in [5.41, 5.74) is 20.0. The normalized spacial score (nSPS) is 13.0. The Morgan fingerprint density at radius 2 is 0.797 bits per heavy atom. The van der Waals surface area contributed by atoms with E-state index in [1.807, 2.05) is 0 Å². The molecule has 0 unspecified atom stereocenters. The second kappa shape index (κ2) is 13.9. The average molecular weight is 819 g/mol. The van der Waals surface area contributed by atoms with Gasteiger partial charge < -0.3 is 14.2 Å². The molecule has 3 nitrogen and oxygen atoms in total. The molecule has 2 aliphatic rings. The molecule has 0 bridgehead atoms. The number of anilines is 6. The summed E-state index contributed by atoms with van der Waals surface area (Å²) >= 11 is 0. The fourth-order valence-corrected chi connectivity index (χ4v) is 11.1. The van der Waals surface area contributed by atoms with Crippen LogP contribution in [0.3, 0.4) is 0 Å². The standard InChI is InChI=1S/C61H42N2O/c1-39-29-33-43(34-30-39)62(41-17-5-3-6-18-41)54-37-52-57(48-24-10-9-23-47(48)54)59-53(61(52)50-26-14-11-21-45(50)46-22-12-15-27-51(46)61)38-55(58-49-25-13-16-28-56(49)64-60(58)59)63(42-19-7-4-8-20-42)44-35-31-40(2)32-36-44/h3-38H,1-2H3. The molecule has 0 aliphatic heterocycles. The number of benzene rings is 10. The van der Waals surface area contributed by atoms with Crippen molar-refractivity contribution in [3.63, 3.8) is 0 Å². The van der Waals surface area contributed by atoms with Gasteiger partial charge in [0.1, 0.15) is 11.2 Å². The van der Waals surface area contributed by atoms with Crippen LogP contribution in [0.4, 0.5) is 34.1 Å². The third-order valence-corrected chi connectivity index (χ3v) is 13.8. The predicted molar refractivity (Wildman–Crippen MR) is 266 cm³/mol. The number of aryl methyl sites for hydroxylation is 2. The number of hydrogen-bond acceptors (Lipinski definition) is 3. The highest BCUT2D eigenvalue weighted by atomic mass is 16.3. The van der Waals surface area contributed by atoms with Crippen LogP contribution >= 0.6 is 0 Å². The van der Waals surface area contributed by atoms with E-state index < -0.39 is 5.41 Å². The number of para-hydroxylation sites is 3. The van der Waals surface area contributed by atoms with Gasteiger partial charge in [0.2, 0.25) is 0 Å². The highest BCUT2D eigenvalue weighted by Crippen LogP contribution is 2.67. The first-order chi connectivity index (χ1) is 31.6. The second-order valence-electron chi connectivity index (χ2n) is 17.3. The van der Waals surface area contributed by atoms with Gasteiger partial charge in [0, 0.05) is 39.1 Å². The van der Waals surface area contributed by atoms with Crippen molar-refractivity contribution < 1.29 is 4.42 Å². The molecule has 2 aliphatic carbocycles. The third kappa shape index (κ3) is 5.10. The van der Waals surface area contributed by atoms with Crippen molar-refractivity contribution >= 4 is 66.8 Å². The van der Waals surface area contributed by atoms with Gasteiger partial charge in [-0.05, 0) is 125 Å². The van der Waals surface area contributed by atoms with Gasteiger partial charge in [-0.15, -0.1) is 0 Å². The molecule has 0 saturated carbocycles. The monoisotopic (exact) mass is 818 g/mol. The van der Waals surface area contributed by atoms with Crippen LogP contribution in [-0.2, 0) is 5.41 Å². The van der Waals surface area contributed by atoms with Gasteiger partial charge in [0.15, 0.2) is 0 Å². The van der Waals surface area contributed by atoms with Crippen LogP contribution in [0.15, 0.2) is 223 Å². The lowest BCUT2D eigenvalue weighted by atomic mass is 9.70. The van der Waals surface area contributed by atoms with Gasteiger partial charge in [0.05, 0.1) is 22.2 Å². The number of hydrogen-bond donors (Lipinski definition) is 0. The molecular weight excluding hydrogens is 777 g/mol. The molecule has 10 aromatic carbocycles. The molecule has 13 rings (SSSR count). The van der Waals surface area contributed by atoms with Gasteiger partial charge in [-0.2, -0.15) is 0 Å². The molecule has 64 heavy (non-hydrogen) atoms. The number of nitrogens with zero attached hydrogens (tertiary/aromatic N) is 2. The molecule has 1 aromatic heterocycles. The lowest BCUT2D eigenvalue weighted by Gasteiger charge is -2.34. The minimum Gasteiger partial charge on any atom is -0.455 e. The van der Waals surface area contributed by atoms with E-state index in [0.717, 1.165) is 61.6 Å². The van der Waals surface area contributed by atoms with Crippen LogP contribution in [0.1, 0.15) is 33.4 Å². The summed E-state index contributed by atoms with van der Waals surface area (Å²) < 4.78 is 7.35. The molecule has 0 fully saturated rings. The van der Waals surface area contributed by atoms with Gasteiger partial charge in [-0.25, -0.2) is 0 Å². The fourth-order valence-electron chi connectivity index (χ4n) is 11.1. The van der Waals surface area contributed by atoms with Crippen LogP contribution in [-0.4, -0.2) is 0 Å². The largest absolute Gasteiger partial charge is 0.455 e. The lowest BCUT2D eigenvalue weighted by molar-refractivity contribution is 0.669. The molecular formula is C61H42N2O. The fraction of sp³-hybridized carbons (Fsp3) is 0.0492. The maximum atomic E-state index is 7.35. The Morgan fingerprint density at radius 1 is 0.359 bits per heavy atom. The maximum absolute atomic E-state index is 7.35. The molecule has 1 heterocycles. The Kier molecular flexibility index (Phi) is 7.95. The van der Waals surface area contributed by atoms with Crippen molar-refractivity contribution in [2.24, 2.45) is 0 Å². The zero-order valence-electron chi connectivity index (χ0n) is 35.6. The Balaban J connectivity index is 1.24. The molecule has 11 aromatic rings. The SMILES string of the molecule is Cc1ccc(N(c2ccccc2)c2cc3c(c4ccccc24)-c2c(cc(N(c4ccccc4)c4ccc(C)cc4)c4c2oc2ccccc24)C32c3ccccc3-c3ccccc32)cc1. The molecule has 302 valence electrons. The molecule has 0 N–H and O–H groups in total. The van der Waals surface area contributed by atoms with E-state index in [2.05, 4.69) is 242 Å². The smallest absolute Gasteiger partial charge is 0.145 e. The molecule has 3 heteroatoms. The van der Waals surface area contributed by atoms with Gasteiger partial charge in [-0.3, -0.25) is 0 Å². The summed E-state index contributed by atoms with van der Waals surface area (Å²) in [4.78, 5) is 4.88. The zero-order valence-corrected chi connectivity index (χ0v) is 35.6. The van der Waals surface area contributed by atoms with Crippen molar-refractivity contribution in [2.45, 2.75) is 19.3 Å². The molecule has 0 saturated heterocycles. The Hall–Kier alpha value is -8.14. The van der Waals surface area contributed by atoms with Crippen molar-refractivity contribution in [1.82, 2.24) is 0 Å². The van der Waals surface area contributed by atoms with Crippen LogP contribution in [0.25, 0.3) is 55.0 Å². The lowest BCUT2D eigenvalue weighted by Crippen LogP contribution is -2.26. The van der Waals surface area contributed by atoms with Crippen molar-refractivity contribution in [3.05, 3.63) is 252 Å².